The van der Waals surface area contributed by atoms with Gasteiger partial charge in [-0.1, -0.05) is 0 Å². The first kappa shape index (κ1) is 10.0. The van der Waals surface area contributed by atoms with Crippen LogP contribution < -0.4 is 5.73 Å². The molecule has 0 fully saturated rings. The van der Waals surface area contributed by atoms with Crippen molar-refractivity contribution in [2.24, 2.45) is 0 Å². The van der Waals surface area contributed by atoms with E-state index in [1.807, 2.05) is 0 Å². The zero-order valence-corrected chi connectivity index (χ0v) is 6.98. The monoisotopic (exact) mass is 175 g/mol. The third kappa shape index (κ3) is 3.09. The fourth-order valence-electron chi connectivity index (χ4n) is 0.775. The third-order valence-electron chi connectivity index (χ3n) is 1.13. The van der Waals surface area contributed by atoms with Crippen LogP contribution in [-0.2, 0) is 11.2 Å². The van der Waals surface area contributed by atoms with Gasteiger partial charge in [0.1, 0.15) is 5.78 Å². The van der Waals surface area contributed by atoms with Crippen LogP contribution in [0.1, 0.15) is 12.5 Å². The van der Waals surface area contributed by atoms with Crippen molar-refractivity contribution in [1.29, 1.82) is 0 Å². The molecule has 0 unspecified atom stereocenters. The summed E-state index contributed by atoms with van der Waals surface area (Å²) in [7, 11) is 0. The fraction of sp³-hybridized carbons (Fsp3) is 0.286. The molecule has 1 aromatic heterocycles. The van der Waals surface area contributed by atoms with Crippen molar-refractivity contribution in [3.05, 3.63) is 17.9 Å². The van der Waals surface area contributed by atoms with Gasteiger partial charge in [0.25, 0.3) is 0 Å². The molecule has 0 aliphatic carbocycles. The fourth-order valence-corrected chi connectivity index (χ4v) is 0.775. The van der Waals surface area contributed by atoms with Crippen molar-refractivity contribution in [3.63, 3.8) is 0 Å². The van der Waals surface area contributed by atoms with Gasteiger partial charge in [0, 0.05) is 12.5 Å². The van der Waals surface area contributed by atoms with Crippen molar-refractivity contribution in [2.75, 3.05) is 5.73 Å². The lowest BCUT2D eigenvalue weighted by molar-refractivity contribution is -0.116. The van der Waals surface area contributed by atoms with Gasteiger partial charge in [-0.2, -0.15) is 0 Å². The first-order valence-corrected chi connectivity index (χ1v) is 3.01. The molecule has 0 saturated heterocycles. The summed E-state index contributed by atoms with van der Waals surface area (Å²) in [6.07, 6.45) is 1.90. The number of anilines is 1. The Hall–Kier alpha value is -0.960. The van der Waals surface area contributed by atoms with Crippen molar-refractivity contribution < 1.29 is 9.21 Å². The Labute approximate surface area is 71.0 Å². The van der Waals surface area contributed by atoms with E-state index in [2.05, 4.69) is 0 Å². The first-order valence-electron chi connectivity index (χ1n) is 3.01. The van der Waals surface area contributed by atoms with E-state index in [0.717, 1.165) is 5.56 Å². The molecule has 1 aromatic rings. The second-order valence-electron chi connectivity index (χ2n) is 2.24. The molecule has 0 atom stereocenters. The second-order valence-corrected chi connectivity index (χ2v) is 2.24. The smallest absolute Gasteiger partial charge is 0.190 e. The van der Waals surface area contributed by atoms with Gasteiger partial charge in [0.05, 0.1) is 6.26 Å². The molecule has 1 rings (SSSR count). The summed E-state index contributed by atoms with van der Waals surface area (Å²) in [5.74, 6) is 0.469. The molecule has 0 aliphatic heterocycles. The predicted octanol–water partition coefficient (Wildman–Crippen LogP) is 1.42. The number of carbonyl (C=O) groups excluding carboxylic acids is 1. The maximum absolute atomic E-state index is 10.5. The highest BCUT2D eigenvalue weighted by atomic mass is 35.5. The van der Waals surface area contributed by atoms with Gasteiger partial charge < -0.3 is 10.2 Å². The largest absolute Gasteiger partial charge is 0.449 e. The number of furan rings is 1. The average molecular weight is 176 g/mol. The third-order valence-corrected chi connectivity index (χ3v) is 1.13. The van der Waals surface area contributed by atoms with Crippen molar-refractivity contribution in [2.45, 2.75) is 13.3 Å². The van der Waals surface area contributed by atoms with Crippen LogP contribution in [0.3, 0.4) is 0 Å². The highest BCUT2D eigenvalue weighted by Gasteiger charge is 1.99. The summed E-state index contributed by atoms with van der Waals surface area (Å²) in [5, 5.41) is 0. The summed E-state index contributed by atoms with van der Waals surface area (Å²) in [6.45, 7) is 1.53. The first-order chi connectivity index (χ1) is 4.68. The Morgan fingerprint density at radius 1 is 1.73 bits per heavy atom. The highest BCUT2D eigenvalue weighted by molar-refractivity contribution is 5.85. The average Bonchev–Trinajstić information content (AvgIpc) is 2.13. The Bertz CT molecular complexity index is 244. The lowest BCUT2D eigenvalue weighted by Crippen LogP contribution is -1.93. The molecule has 0 bridgehead atoms. The Morgan fingerprint density at radius 2 is 2.36 bits per heavy atom. The molecule has 0 saturated carbocycles. The number of Topliss-reactive ketones (excluding diaryl/α,β-unsaturated/α-hetero) is 1. The molecule has 2 N–H and O–H groups in total. The molecule has 0 aliphatic rings. The van der Waals surface area contributed by atoms with Gasteiger partial charge in [-0.3, -0.25) is 4.79 Å². The van der Waals surface area contributed by atoms with Gasteiger partial charge in [-0.15, -0.1) is 12.4 Å². The minimum atomic E-state index is 0. The Kier molecular flexibility index (Phi) is 3.68. The number of nitrogens with two attached hydrogens (primary N) is 1. The Morgan fingerprint density at radius 3 is 2.73 bits per heavy atom. The van der Waals surface area contributed by atoms with Crippen molar-refractivity contribution in [3.8, 4) is 0 Å². The molecule has 3 nitrogen and oxygen atoms in total. The molecule has 1 heterocycles. The van der Waals surface area contributed by atoms with Crippen LogP contribution in [0.15, 0.2) is 16.7 Å². The van der Waals surface area contributed by atoms with Gasteiger partial charge in [0.2, 0.25) is 0 Å². The quantitative estimate of drug-likeness (QED) is 0.740. The summed E-state index contributed by atoms with van der Waals surface area (Å²) in [5.41, 5.74) is 6.11. The van der Waals surface area contributed by atoms with E-state index >= 15 is 0 Å². The van der Waals surface area contributed by atoms with Crippen LogP contribution in [0, 0.1) is 0 Å². The number of halogens is 1. The van der Waals surface area contributed by atoms with E-state index in [4.69, 9.17) is 10.2 Å². The van der Waals surface area contributed by atoms with Crippen LogP contribution in [0.2, 0.25) is 0 Å². The van der Waals surface area contributed by atoms with Crippen LogP contribution in [0.25, 0.3) is 0 Å². The number of nitrogen functional groups attached to an aromatic ring is 1. The van der Waals surface area contributed by atoms with Crippen LogP contribution in [0.5, 0.6) is 0 Å². The van der Waals surface area contributed by atoms with Crippen LogP contribution in [0.4, 0.5) is 5.88 Å². The van der Waals surface area contributed by atoms with E-state index in [1.54, 1.807) is 6.07 Å². The molecule has 11 heavy (non-hydrogen) atoms. The lowest BCUT2D eigenvalue weighted by Gasteiger charge is -1.85. The van der Waals surface area contributed by atoms with Gasteiger partial charge in [-0.25, -0.2) is 0 Å². The van der Waals surface area contributed by atoms with E-state index in [0.29, 0.717) is 12.3 Å². The van der Waals surface area contributed by atoms with E-state index in [-0.39, 0.29) is 18.2 Å². The number of carbonyl (C=O) groups is 1. The van der Waals surface area contributed by atoms with E-state index in [1.165, 1.54) is 13.2 Å². The number of ketones is 1. The van der Waals surface area contributed by atoms with Gasteiger partial charge in [0.15, 0.2) is 5.88 Å². The maximum atomic E-state index is 10.5. The van der Waals surface area contributed by atoms with E-state index < -0.39 is 0 Å². The molecule has 62 valence electrons. The predicted molar refractivity (Wildman–Crippen MR) is 44.8 cm³/mol. The maximum Gasteiger partial charge on any atom is 0.190 e. The summed E-state index contributed by atoms with van der Waals surface area (Å²) < 4.78 is 4.79. The van der Waals surface area contributed by atoms with Gasteiger partial charge >= 0.3 is 0 Å². The van der Waals surface area contributed by atoms with Crippen molar-refractivity contribution >= 4 is 24.1 Å². The summed E-state index contributed by atoms with van der Waals surface area (Å²) >= 11 is 0. The molecular formula is C7H10ClNO2. The zero-order valence-electron chi connectivity index (χ0n) is 6.16. The van der Waals surface area contributed by atoms with Crippen molar-refractivity contribution in [1.82, 2.24) is 0 Å². The summed E-state index contributed by atoms with van der Waals surface area (Å²) in [4.78, 5) is 10.5. The second kappa shape index (κ2) is 4.03. The van der Waals surface area contributed by atoms with Crippen LogP contribution >= 0.6 is 12.4 Å². The minimum absolute atomic E-state index is 0. The lowest BCUT2D eigenvalue weighted by atomic mass is 10.2. The standard InChI is InChI=1S/C7H9NO2.ClH/c1-5(9)2-6-3-7(8)10-4-6;/h3-4H,2,8H2,1H3;1H. The topological polar surface area (TPSA) is 56.2 Å². The molecule has 0 spiro atoms. The van der Waals surface area contributed by atoms with Gasteiger partial charge in [-0.05, 0) is 12.5 Å². The molecule has 4 heteroatoms. The molecular weight excluding hydrogens is 166 g/mol. The number of hydrogen-bond donors (Lipinski definition) is 1. The highest BCUT2D eigenvalue weighted by Crippen LogP contribution is 2.09. The van der Waals surface area contributed by atoms with Crippen LogP contribution in [-0.4, -0.2) is 5.78 Å². The molecule has 0 radical (unpaired) electrons. The molecule has 0 aromatic carbocycles. The zero-order chi connectivity index (χ0) is 7.56. The normalized spacial score (nSPS) is 8.82. The molecule has 0 amide bonds. The Balaban J connectivity index is 0.000001000. The SMILES string of the molecule is CC(=O)Cc1coc(N)c1.Cl. The minimum Gasteiger partial charge on any atom is -0.449 e. The number of hydrogen-bond acceptors (Lipinski definition) is 3. The number of rotatable bonds is 2. The van der Waals surface area contributed by atoms with E-state index in [9.17, 15) is 4.79 Å². The summed E-state index contributed by atoms with van der Waals surface area (Å²) in [6, 6.07) is 1.65.